The molecule has 0 aliphatic carbocycles. The molecule has 21 heavy (non-hydrogen) atoms. The Morgan fingerprint density at radius 1 is 1.29 bits per heavy atom. The molecule has 0 atom stereocenters. The summed E-state index contributed by atoms with van der Waals surface area (Å²) >= 11 is 11.7. The van der Waals surface area contributed by atoms with Gasteiger partial charge < -0.3 is 10.5 Å². The van der Waals surface area contributed by atoms with Gasteiger partial charge in [-0.05, 0) is 18.2 Å². The molecule has 0 saturated carbocycles. The van der Waals surface area contributed by atoms with Crippen molar-refractivity contribution in [1.29, 1.82) is 5.26 Å². The number of hydrogen-bond donors (Lipinski definition) is 1. The number of nitrogen functional groups attached to an aromatic ring is 1. The number of halogens is 2. The molecule has 0 spiro atoms. The summed E-state index contributed by atoms with van der Waals surface area (Å²) in [6.07, 6.45) is 0. The van der Waals surface area contributed by atoms with E-state index in [1.54, 1.807) is 24.3 Å². The first kappa shape index (κ1) is 15.2. The maximum atomic E-state index is 12.0. The first-order valence-corrected chi connectivity index (χ1v) is 6.68. The highest BCUT2D eigenvalue weighted by atomic mass is 35.5. The maximum Gasteiger partial charge on any atom is 0.338 e. The van der Waals surface area contributed by atoms with Crippen molar-refractivity contribution in [2.75, 3.05) is 5.73 Å². The third-order valence-electron chi connectivity index (χ3n) is 2.79. The molecule has 4 nitrogen and oxygen atoms in total. The molecule has 2 rings (SSSR count). The number of esters is 1. The highest BCUT2D eigenvalue weighted by Gasteiger charge is 2.13. The number of nitriles is 1. The minimum absolute atomic E-state index is 0.0112. The largest absolute Gasteiger partial charge is 0.457 e. The summed E-state index contributed by atoms with van der Waals surface area (Å²) in [6.45, 7) is -0.0112. The van der Waals surface area contributed by atoms with Gasteiger partial charge in [0.2, 0.25) is 0 Å². The molecule has 106 valence electrons. The van der Waals surface area contributed by atoms with Gasteiger partial charge in [-0.15, -0.1) is 0 Å². The Hall–Kier alpha value is -2.22. The van der Waals surface area contributed by atoms with E-state index in [9.17, 15) is 4.79 Å². The van der Waals surface area contributed by atoms with Crippen LogP contribution >= 0.6 is 23.2 Å². The van der Waals surface area contributed by atoms with Crippen molar-refractivity contribution in [3.05, 3.63) is 63.1 Å². The van der Waals surface area contributed by atoms with Gasteiger partial charge in [-0.25, -0.2) is 4.79 Å². The predicted molar refractivity (Wildman–Crippen MR) is 81.2 cm³/mol. The van der Waals surface area contributed by atoms with E-state index in [0.29, 0.717) is 11.1 Å². The second-order valence-corrected chi connectivity index (χ2v) is 4.99. The van der Waals surface area contributed by atoms with E-state index in [4.69, 9.17) is 38.9 Å². The van der Waals surface area contributed by atoms with Crippen LogP contribution in [0.15, 0.2) is 36.4 Å². The highest BCUT2D eigenvalue weighted by molar-refractivity contribution is 6.43. The standard InChI is InChI=1S/C15H10Cl2N2O2/c16-12-5-11(6-13(19)14(12)17)15(20)21-8-10-4-2-1-3-9(10)7-18/h1-6H,8,19H2. The van der Waals surface area contributed by atoms with E-state index < -0.39 is 5.97 Å². The molecular formula is C15H10Cl2N2O2. The number of ether oxygens (including phenoxy) is 1. The van der Waals surface area contributed by atoms with Crippen LogP contribution in [0.5, 0.6) is 0 Å². The van der Waals surface area contributed by atoms with Gasteiger partial charge in [-0.3, -0.25) is 0 Å². The Kier molecular flexibility index (Phi) is 4.69. The predicted octanol–water partition coefficient (Wildman–Crippen LogP) is 3.80. The number of carbonyl (C=O) groups is 1. The molecule has 0 heterocycles. The molecule has 0 aromatic heterocycles. The molecule has 0 unspecified atom stereocenters. The van der Waals surface area contributed by atoms with Gasteiger partial charge in [0.25, 0.3) is 0 Å². The van der Waals surface area contributed by atoms with Gasteiger partial charge in [0.15, 0.2) is 0 Å². The SMILES string of the molecule is N#Cc1ccccc1COC(=O)c1cc(N)c(Cl)c(Cl)c1. The fraction of sp³-hybridized carbons (Fsp3) is 0.0667. The number of rotatable bonds is 3. The van der Waals surface area contributed by atoms with Crippen LogP contribution in [0.3, 0.4) is 0 Å². The Morgan fingerprint density at radius 2 is 2.00 bits per heavy atom. The van der Waals surface area contributed by atoms with E-state index in [-0.39, 0.29) is 27.9 Å². The maximum absolute atomic E-state index is 12.0. The third kappa shape index (κ3) is 3.46. The number of hydrogen-bond acceptors (Lipinski definition) is 4. The van der Waals surface area contributed by atoms with Crippen LogP contribution in [-0.2, 0) is 11.3 Å². The summed E-state index contributed by atoms with van der Waals surface area (Å²) in [5, 5.41) is 9.34. The monoisotopic (exact) mass is 320 g/mol. The van der Waals surface area contributed by atoms with E-state index in [1.165, 1.54) is 12.1 Å². The molecule has 2 aromatic carbocycles. The molecule has 2 aromatic rings. The zero-order valence-corrected chi connectivity index (χ0v) is 12.3. The normalized spacial score (nSPS) is 9.95. The fourth-order valence-corrected chi connectivity index (χ4v) is 2.05. The highest BCUT2D eigenvalue weighted by Crippen LogP contribution is 2.29. The van der Waals surface area contributed by atoms with Crippen molar-refractivity contribution < 1.29 is 9.53 Å². The van der Waals surface area contributed by atoms with Crippen molar-refractivity contribution in [1.82, 2.24) is 0 Å². The Balaban J connectivity index is 2.14. The lowest BCUT2D eigenvalue weighted by Crippen LogP contribution is -2.07. The summed E-state index contributed by atoms with van der Waals surface area (Å²) in [6, 6.07) is 11.7. The average molecular weight is 321 g/mol. The van der Waals surface area contributed by atoms with Crippen molar-refractivity contribution >= 4 is 34.9 Å². The van der Waals surface area contributed by atoms with Crippen LogP contribution in [0.4, 0.5) is 5.69 Å². The molecule has 0 aliphatic rings. The summed E-state index contributed by atoms with van der Waals surface area (Å²) in [5.41, 5.74) is 7.14. The summed E-state index contributed by atoms with van der Waals surface area (Å²) in [7, 11) is 0. The molecule has 0 aliphatic heterocycles. The van der Waals surface area contributed by atoms with Crippen molar-refractivity contribution in [3.8, 4) is 6.07 Å². The van der Waals surface area contributed by atoms with Gasteiger partial charge >= 0.3 is 5.97 Å². The van der Waals surface area contributed by atoms with Crippen LogP contribution in [0.2, 0.25) is 10.0 Å². The molecule has 0 radical (unpaired) electrons. The third-order valence-corrected chi connectivity index (χ3v) is 3.61. The van der Waals surface area contributed by atoms with Crippen molar-refractivity contribution in [2.45, 2.75) is 6.61 Å². The van der Waals surface area contributed by atoms with E-state index >= 15 is 0 Å². The summed E-state index contributed by atoms with van der Waals surface area (Å²) in [5.74, 6) is -0.590. The number of nitrogens with two attached hydrogens (primary N) is 1. The van der Waals surface area contributed by atoms with E-state index in [0.717, 1.165) is 0 Å². The smallest absolute Gasteiger partial charge is 0.338 e. The van der Waals surface area contributed by atoms with E-state index in [2.05, 4.69) is 0 Å². The molecule has 0 fully saturated rings. The van der Waals surface area contributed by atoms with Gasteiger partial charge in [0, 0.05) is 5.56 Å². The average Bonchev–Trinajstić information content (AvgIpc) is 2.49. The zero-order valence-electron chi connectivity index (χ0n) is 10.8. The minimum atomic E-state index is -0.590. The van der Waals surface area contributed by atoms with Gasteiger partial charge in [0.1, 0.15) is 6.61 Å². The van der Waals surface area contributed by atoms with Crippen LogP contribution in [0, 0.1) is 11.3 Å². The number of anilines is 1. The second-order valence-electron chi connectivity index (χ2n) is 4.21. The number of nitrogens with zero attached hydrogens (tertiary/aromatic N) is 1. The minimum Gasteiger partial charge on any atom is -0.457 e. The molecule has 6 heteroatoms. The van der Waals surface area contributed by atoms with Gasteiger partial charge in [-0.1, -0.05) is 41.4 Å². The number of carbonyl (C=O) groups excluding carboxylic acids is 1. The van der Waals surface area contributed by atoms with Crippen molar-refractivity contribution in [3.63, 3.8) is 0 Å². The first-order valence-electron chi connectivity index (χ1n) is 5.92. The quantitative estimate of drug-likeness (QED) is 0.689. The Bertz CT molecular complexity index is 716. The molecule has 2 N–H and O–H groups in total. The zero-order chi connectivity index (χ0) is 15.4. The first-order chi connectivity index (χ1) is 10.0. The van der Waals surface area contributed by atoms with Crippen molar-refractivity contribution in [2.24, 2.45) is 0 Å². The van der Waals surface area contributed by atoms with Crippen LogP contribution in [0.1, 0.15) is 21.5 Å². The van der Waals surface area contributed by atoms with Crippen LogP contribution in [0.25, 0.3) is 0 Å². The Morgan fingerprint density at radius 3 is 2.67 bits per heavy atom. The lowest BCUT2D eigenvalue weighted by molar-refractivity contribution is 0.0472. The lowest BCUT2D eigenvalue weighted by Gasteiger charge is -2.08. The van der Waals surface area contributed by atoms with Crippen LogP contribution < -0.4 is 5.73 Å². The molecule has 0 bridgehead atoms. The lowest BCUT2D eigenvalue weighted by atomic mass is 10.1. The van der Waals surface area contributed by atoms with Crippen LogP contribution in [-0.4, -0.2) is 5.97 Å². The number of benzene rings is 2. The molecular weight excluding hydrogens is 311 g/mol. The second kappa shape index (κ2) is 6.49. The summed E-state index contributed by atoms with van der Waals surface area (Å²) in [4.78, 5) is 12.0. The summed E-state index contributed by atoms with van der Waals surface area (Å²) < 4.78 is 5.16. The topological polar surface area (TPSA) is 76.1 Å². The molecule has 0 amide bonds. The Labute approximate surface area is 131 Å². The van der Waals surface area contributed by atoms with Gasteiger partial charge in [0.05, 0.1) is 32.9 Å². The molecule has 0 saturated heterocycles. The fourth-order valence-electron chi connectivity index (χ4n) is 1.71. The van der Waals surface area contributed by atoms with Gasteiger partial charge in [-0.2, -0.15) is 5.26 Å². The van der Waals surface area contributed by atoms with E-state index in [1.807, 2.05) is 6.07 Å².